The first-order valence-electron chi connectivity index (χ1n) is 6.13. The topological polar surface area (TPSA) is 29.9 Å². The largest absolute Gasteiger partial charge is 0.314 e. The van der Waals surface area contributed by atoms with E-state index in [-0.39, 0.29) is 0 Å². The fourth-order valence-corrected chi connectivity index (χ4v) is 2.12. The zero-order valence-corrected chi connectivity index (χ0v) is 10.8. The van der Waals surface area contributed by atoms with Crippen LogP contribution in [0.5, 0.6) is 0 Å². The number of hydrogen-bond donors (Lipinski definition) is 1. The Hall–Kier alpha value is -0.540. The third-order valence-corrected chi connectivity index (χ3v) is 3.25. The van der Waals surface area contributed by atoms with Crippen LogP contribution in [0.15, 0.2) is 6.20 Å². The quantitative estimate of drug-likeness (QED) is 0.777. The van der Waals surface area contributed by atoms with E-state index in [1.807, 2.05) is 4.68 Å². The summed E-state index contributed by atoms with van der Waals surface area (Å²) in [7, 11) is 0. The number of aromatic nitrogens is 2. The van der Waals surface area contributed by atoms with Crippen LogP contribution in [0.1, 0.15) is 44.8 Å². The first-order valence-corrected chi connectivity index (χ1v) is 6.51. The maximum absolute atomic E-state index is 6.14. The van der Waals surface area contributed by atoms with Gasteiger partial charge in [-0.1, -0.05) is 11.6 Å². The van der Waals surface area contributed by atoms with E-state index in [1.165, 1.54) is 18.5 Å². The number of nitrogens with one attached hydrogen (secondary N) is 1. The van der Waals surface area contributed by atoms with Gasteiger partial charge in [0, 0.05) is 12.1 Å². The van der Waals surface area contributed by atoms with Gasteiger partial charge in [-0.25, -0.2) is 0 Å². The normalized spacial score (nSPS) is 16.0. The van der Waals surface area contributed by atoms with E-state index >= 15 is 0 Å². The molecule has 0 unspecified atom stereocenters. The Balaban J connectivity index is 1.83. The Bertz CT molecular complexity index is 342. The highest BCUT2D eigenvalue weighted by molar-refractivity contribution is 6.31. The minimum Gasteiger partial charge on any atom is -0.314 e. The fourth-order valence-electron chi connectivity index (χ4n) is 1.89. The molecule has 0 spiro atoms. The Morgan fingerprint density at radius 2 is 2.31 bits per heavy atom. The molecule has 90 valence electrons. The molecule has 1 aromatic heterocycles. The molecule has 0 radical (unpaired) electrons. The molecule has 1 aromatic rings. The van der Waals surface area contributed by atoms with Crippen LogP contribution in [-0.4, -0.2) is 22.4 Å². The van der Waals surface area contributed by atoms with Crippen molar-refractivity contribution in [2.75, 3.05) is 6.54 Å². The smallest absolute Gasteiger partial charge is 0.0817 e. The van der Waals surface area contributed by atoms with Gasteiger partial charge in [-0.15, -0.1) is 0 Å². The van der Waals surface area contributed by atoms with Crippen molar-refractivity contribution in [2.24, 2.45) is 0 Å². The highest BCUT2D eigenvalue weighted by Crippen LogP contribution is 2.21. The van der Waals surface area contributed by atoms with Crippen molar-refractivity contribution >= 4 is 11.6 Å². The Labute approximate surface area is 102 Å². The molecule has 16 heavy (non-hydrogen) atoms. The van der Waals surface area contributed by atoms with Gasteiger partial charge in [0.05, 0.1) is 16.9 Å². The van der Waals surface area contributed by atoms with Crippen LogP contribution < -0.4 is 5.32 Å². The zero-order valence-electron chi connectivity index (χ0n) is 10.0. The van der Waals surface area contributed by atoms with Crippen molar-refractivity contribution < 1.29 is 0 Å². The summed E-state index contributed by atoms with van der Waals surface area (Å²) in [6.07, 6.45) is 6.60. The second-order valence-corrected chi connectivity index (χ2v) is 5.22. The summed E-state index contributed by atoms with van der Waals surface area (Å²) in [5.74, 6) is 0. The molecule has 1 saturated carbocycles. The maximum atomic E-state index is 6.14. The third-order valence-electron chi connectivity index (χ3n) is 2.94. The van der Waals surface area contributed by atoms with Crippen molar-refractivity contribution in [3.63, 3.8) is 0 Å². The molecule has 0 saturated heterocycles. The fraction of sp³-hybridized carbons (Fsp3) is 0.750. The molecule has 4 heteroatoms. The maximum Gasteiger partial charge on any atom is 0.0817 e. The van der Waals surface area contributed by atoms with Gasteiger partial charge in [0.2, 0.25) is 0 Å². The van der Waals surface area contributed by atoms with Gasteiger partial charge in [-0.3, -0.25) is 4.68 Å². The van der Waals surface area contributed by atoms with Crippen molar-refractivity contribution in [1.29, 1.82) is 0 Å². The molecule has 1 fully saturated rings. The van der Waals surface area contributed by atoms with Crippen molar-refractivity contribution in [1.82, 2.24) is 15.1 Å². The number of rotatable bonds is 6. The number of halogens is 1. The van der Waals surface area contributed by atoms with Crippen LogP contribution in [0.25, 0.3) is 0 Å². The molecule has 0 amide bonds. The molecule has 1 aliphatic rings. The molecule has 0 aliphatic heterocycles. The summed E-state index contributed by atoms with van der Waals surface area (Å²) in [6.45, 7) is 5.36. The lowest BCUT2D eigenvalue weighted by atomic mass is 10.2. The lowest BCUT2D eigenvalue weighted by Gasteiger charge is -2.11. The van der Waals surface area contributed by atoms with Gasteiger partial charge in [0.25, 0.3) is 0 Å². The predicted octanol–water partition coefficient (Wildman–Crippen LogP) is 2.80. The van der Waals surface area contributed by atoms with Crippen molar-refractivity contribution in [2.45, 2.75) is 51.6 Å². The van der Waals surface area contributed by atoms with Gasteiger partial charge in [-0.05, 0) is 46.1 Å². The summed E-state index contributed by atoms with van der Waals surface area (Å²) in [6, 6.07) is 1.18. The SMILES string of the molecule is CC(C)n1ncc(Cl)c1CCCNC1CC1. The molecule has 1 aliphatic carbocycles. The van der Waals surface area contributed by atoms with Gasteiger partial charge in [0.15, 0.2) is 0 Å². The molecular weight excluding hydrogens is 222 g/mol. The van der Waals surface area contributed by atoms with Crippen LogP contribution in [-0.2, 0) is 6.42 Å². The average molecular weight is 242 g/mol. The summed E-state index contributed by atoms with van der Waals surface area (Å²) in [4.78, 5) is 0. The van der Waals surface area contributed by atoms with Gasteiger partial charge in [0.1, 0.15) is 0 Å². The minimum absolute atomic E-state index is 0.388. The van der Waals surface area contributed by atoms with Crippen LogP contribution in [0.4, 0.5) is 0 Å². The Morgan fingerprint density at radius 1 is 1.56 bits per heavy atom. The van der Waals surface area contributed by atoms with Crippen LogP contribution in [0.2, 0.25) is 5.02 Å². The zero-order chi connectivity index (χ0) is 11.5. The third kappa shape index (κ3) is 2.98. The molecule has 0 bridgehead atoms. The van der Waals surface area contributed by atoms with Gasteiger partial charge >= 0.3 is 0 Å². The average Bonchev–Trinajstić information content (AvgIpc) is 2.98. The second kappa shape index (κ2) is 5.19. The lowest BCUT2D eigenvalue weighted by molar-refractivity contribution is 0.502. The van der Waals surface area contributed by atoms with E-state index in [0.717, 1.165) is 30.5 Å². The molecule has 0 atom stereocenters. The van der Waals surface area contributed by atoms with Crippen molar-refractivity contribution in [3.05, 3.63) is 16.9 Å². The molecule has 0 aromatic carbocycles. The Morgan fingerprint density at radius 3 is 2.94 bits per heavy atom. The Kier molecular flexibility index (Phi) is 3.87. The van der Waals surface area contributed by atoms with Crippen LogP contribution in [0.3, 0.4) is 0 Å². The minimum atomic E-state index is 0.388. The molecule has 3 nitrogen and oxygen atoms in total. The lowest BCUT2D eigenvalue weighted by Crippen LogP contribution is -2.18. The van der Waals surface area contributed by atoms with E-state index in [0.29, 0.717) is 6.04 Å². The molecular formula is C12H20ClN3. The van der Waals surface area contributed by atoms with Gasteiger partial charge in [-0.2, -0.15) is 5.10 Å². The second-order valence-electron chi connectivity index (χ2n) is 4.81. The standard InChI is InChI=1S/C12H20ClN3/c1-9(2)16-12(11(13)8-15-16)4-3-7-14-10-5-6-10/h8-10,14H,3-7H2,1-2H3. The summed E-state index contributed by atoms with van der Waals surface area (Å²) in [5.41, 5.74) is 1.18. The van der Waals surface area contributed by atoms with E-state index in [1.54, 1.807) is 6.20 Å². The predicted molar refractivity (Wildman–Crippen MR) is 67.0 cm³/mol. The molecule has 1 heterocycles. The molecule has 1 N–H and O–H groups in total. The highest BCUT2D eigenvalue weighted by Gasteiger charge is 2.19. The monoisotopic (exact) mass is 241 g/mol. The first kappa shape index (κ1) is 11.9. The summed E-state index contributed by atoms with van der Waals surface area (Å²) in [5, 5.41) is 8.63. The number of nitrogens with zero attached hydrogens (tertiary/aromatic N) is 2. The van der Waals surface area contributed by atoms with E-state index in [9.17, 15) is 0 Å². The van der Waals surface area contributed by atoms with Gasteiger partial charge < -0.3 is 5.32 Å². The van der Waals surface area contributed by atoms with E-state index < -0.39 is 0 Å². The summed E-state index contributed by atoms with van der Waals surface area (Å²) >= 11 is 6.14. The van der Waals surface area contributed by atoms with Crippen LogP contribution in [0, 0.1) is 0 Å². The number of hydrogen-bond acceptors (Lipinski definition) is 2. The summed E-state index contributed by atoms with van der Waals surface area (Å²) < 4.78 is 2.03. The van der Waals surface area contributed by atoms with Crippen LogP contribution >= 0.6 is 11.6 Å². The first-order chi connectivity index (χ1) is 7.68. The van der Waals surface area contributed by atoms with E-state index in [2.05, 4.69) is 24.3 Å². The molecule has 2 rings (SSSR count). The van der Waals surface area contributed by atoms with Crippen molar-refractivity contribution in [3.8, 4) is 0 Å². The van der Waals surface area contributed by atoms with E-state index in [4.69, 9.17) is 11.6 Å². The highest BCUT2D eigenvalue weighted by atomic mass is 35.5.